The molecule has 2 aromatic rings. The number of benzene rings is 1. The molecule has 1 fully saturated rings. The molecule has 1 aliphatic heterocycles. The second kappa shape index (κ2) is 10.1. The van der Waals surface area contributed by atoms with Gasteiger partial charge >= 0.3 is 6.03 Å². The molecular formula is C21H29N3O4. The molecule has 2 N–H and O–H groups in total. The summed E-state index contributed by atoms with van der Waals surface area (Å²) >= 11 is 0. The first-order valence-electron chi connectivity index (χ1n) is 9.71. The molecule has 0 spiro atoms. The Labute approximate surface area is 166 Å². The fourth-order valence-electron chi connectivity index (χ4n) is 3.15. The van der Waals surface area contributed by atoms with Gasteiger partial charge in [0, 0.05) is 19.6 Å². The Balaban J connectivity index is 1.43. The van der Waals surface area contributed by atoms with Gasteiger partial charge in [0.15, 0.2) is 0 Å². The number of aryl methyl sites for hydroxylation is 2. The van der Waals surface area contributed by atoms with Gasteiger partial charge in [-0.15, -0.1) is 0 Å². The third-order valence-corrected chi connectivity index (χ3v) is 4.71. The second-order valence-electron chi connectivity index (χ2n) is 6.91. The number of carbonyl (C=O) groups is 1. The summed E-state index contributed by atoms with van der Waals surface area (Å²) in [5.74, 6) is 2.53. The van der Waals surface area contributed by atoms with Crippen molar-refractivity contribution in [3.63, 3.8) is 0 Å². The number of amides is 2. The first-order valence-corrected chi connectivity index (χ1v) is 9.71. The minimum Gasteiger partial charge on any atom is -0.492 e. The van der Waals surface area contributed by atoms with E-state index in [9.17, 15) is 4.79 Å². The number of hydrogen-bond donors (Lipinski definition) is 2. The predicted molar refractivity (Wildman–Crippen MR) is 107 cm³/mol. The van der Waals surface area contributed by atoms with E-state index in [2.05, 4.69) is 15.5 Å². The third-order valence-electron chi connectivity index (χ3n) is 4.71. The van der Waals surface area contributed by atoms with Crippen molar-refractivity contribution in [2.45, 2.75) is 19.9 Å². The van der Waals surface area contributed by atoms with Crippen LogP contribution in [-0.2, 0) is 4.74 Å². The SMILES string of the molecule is Cc1ccc(OCCNC(=O)NCC(c2ccc(C)o2)N2CCOCC2)cc1. The van der Waals surface area contributed by atoms with Crippen LogP contribution in [0.3, 0.4) is 0 Å². The average Bonchev–Trinajstić information content (AvgIpc) is 3.13. The van der Waals surface area contributed by atoms with Gasteiger partial charge in [0.05, 0.1) is 25.8 Å². The van der Waals surface area contributed by atoms with Gasteiger partial charge in [-0.2, -0.15) is 0 Å². The van der Waals surface area contributed by atoms with Crippen LogP contribution >= 0.6 is 0 Å². The molecule has 1 unspecified atom stereocenters. The summed E-state index contributed by atoms with van der Waals surface area (Å²) in [6.07, 6.45) is 0. The highest BCUT2D eigenvalue weighted by atomic mass is 16.5. The van der Waals surface area contributed by atoms with E-state index in [4.69, 9.17) is 13.9 Å². The highest BCUT2D eigenvalue weighted by molar-refractivity contribution is 5.73. The van der Waals surface area contributed by atoms with E-state index in [1.165, 1.54) is 5.56 Å². The van der Waals surface area contributed by atoms with Gasteiger partial charge in [-0.25, -0.2) is 4.79 Å². The maximum absolute atomic E-state index is 12.2. The molecule has 1 saturated heterocycles. The number of nitrogens with one attached hydrogen (secondary N) is 2. The Hall–Kier alpha value is -2.51. The van der Waals surface area contributed by atoms with Gasteiger partial charge in [0.2, 0.25) is 0 Å². The lowest BCUT2D eigenvalue weighted by Gasteiger charge is -2.33. The molecule has 0 bridgehead atoms. The van der Waals surface area contributed by atoms with Crippen LogP contribution in [0, 0.1) is 13.8 Å². The summed E-state index contributed by atoms with van der Waals surface area (Å²) in [4.78, 5) is 14.5. The molecule has 1 aromatic carbocycles. The first-order chi connectivity index (χ1) is 13.6. The Morgan fingerprint density at radius 3 is 2.54 bits per heavy atom. The van der Waals surface area contributed by atoms with Gasteiger partial charge in [0.25, 0.3) is 0 Å². The van der Waals surface area contributed by atoms with Crippen LogP contribution in [0.2, 0.25) is 0 Å². The zero-order valence-electron chi connectivity index (χ0n) is 16.6. The van der Waals surface area contributed by atoms with Crippen molar-refractivity contribution in [3.05, 3.63) is 53.5 Å². The topological polar surface area (TPSA) is 76.0 Å². The summed E-state index contributed by atoms with van der Waals surface area (Å²) < 4.78 is 16.9. The van der Waals surface area contributed by atoms with Crippen LogP contribution in [0.25, 0.3) is 0 Å². The van der Waals surface area contributed by atoms with Crippen LogP contribution in [0.5, 0.6) is 5.75 Å². The molecule has 0 saturated carbocycles. The van der Waals surface area contributed by atoms with Crippen LogP contribution in [0.1, 0.15) is 23.1 Å². The molecule has 1 aromatic heterocycles. The van der Waals surface area contributed by atoms with Crippen molar-refractivity contribution in [3.8, 4) is 5.75 Å². The van der Waals surface area contributed by atoms with Crippen molar-refractivity contribution >= 4 is 6.03 Å². The molecule has 0 aliphatic carbocycles. The number of urea groups is 1. The quantitative estimate of drug-likeness (QED) is 0.681. The maximum Gasteiger partial charge on any atom is 0.314 e. The Kier molecular flexibility index (Phi) is 7.33. The lowest BCUT2D eigenvalue weighted by molar-refractivity contribution is 0.0121. The molecule has 28 heavy (non-hydrogen) atoms. The Morgan fingerprint density at radius 1 is 1.11 bits per heavy atom. The van der Waals surface area contributed by atoms with E-state index in [-0.39, 0.29) is 12.1 Å². The number of furan rings is 1. The lowest BCUT2D eigenvalue weighted by atomic mass is 10.1. The molecule has 7 heteroatoms. The van der Waals surface area contributed by atoms with E-state index in [1.807, 2.05) is 50.2 Å². The monoisotopic (exact) mass is 387 g/mol. The number of nitrogens with zero attached hydrogens (tertiary/aromatic N) is 1. The van der Waals surface area contributed by atoms with Crippen LogP contribution in [-0.4, -0.2) is 56.9 Å². The fourth-order valence-corrected chi connectivity index (χ4v) is 3.15. The summed E-state index contributed by atoms with van der Waals surface area (Å²) in [6.45, 7) is 8.30. The fraction of sp³-hybridized carbons (Fsp3) is 0.476. The van der Waals surface area contributed by atoms with Crippen molar-refractivity contribution in [1.82, 2.24) is 15.5 Å². The minimum absolute atomic E-state index is 0.00726. The molecule has 7 nitrogen and oxygen atoms in total. The zero-order chi connectivity index (χ0) is 19.8. The largest absolute Gasteiger partial charge is 0.492 e. The highest BCUT2D eigenvalue weighted by Crippen LogP contribution is 2.23. The number of rotatable bonds is 8. The van der Waals surface area contributed by atoms with Crippen molar-refractivity contribution in [1.29, 1.82) is 0 Å². The van der Waals surface area contributed by atoms with Gasteiger partial charge in [-0.1, -0.05) is 17.7 Å². The first kappa shape index (κ1) is 20.2. The molecular weight excluding hydrogens is 358 g/mol. The Bertz CT molecular complexity index is 738. The number of morpholine rings is 1. The van der Waals surface area contributed by atoms with Crippen LogP contribution in [0.15, 0.2) is 40.8 Å². The van der Waals surface area contributed by atoms with Crippen LogP contribution in [0.4, 0.5) is 4.79 Å². The normalized spacial score (nSPS) is 15.8. The van der Waals surface area contributed by atoms with E-state index in [0.717, 1.165) is 30.4 Å². The average molecular weight is 387 g/mol. The van der Waals surface area contributed by atoms with Crippen molar-refractivity contribution in [2.24, 2.45) is 0 Å². The van der Waals surface area contributed by atoms with Crippen LogP contribution < -0.4 is 15.4 Å². The van der Waals surface area contributed by atoms with Crippen molar-refractivity contribution < 1.29 is 18.7 Å². The van der Waals surface area contributed by atoms with Crippen molar-refractivity contribution in [2.75, 3.05) is 46.0 Å². The summed E-state index contributed by atoms with van der Waals surface area (Å²) in [5.41, 5.74) is 1.19. The molecule has 0 radical (unpaired) electrons. The third kappa shape index (κ3) is 6.00. The molecule has 152 valence electrons. The number of carbonyl (C=O) groups excluding carboxylic acids is 1. The summed E-state index contributed by atoms with van der Waals surface area (Å²) in [6, 6.07) is 11.5. The molecule has 1 aliphatic rings. The lowest BCUT2D eigenvalue weighted by Crippen LogP contribution is -2.46. The predicted octanol–water partition coefficient (Wildman–Crippen LogP) is 2.65. The maximum atomic E-state index is 12.2. The van der Waals surface area contributed by atoms with E-state index in [0.29, 0.717) is 32.9 Å². The zero-order valence-corrected chi connectivity index (χ0v) is 16.6. The van der Waals surface area contributed by atoms with E-state index < -0.39 is 0 Å². The summed E-state index contributed by atoms with van der Waals surface area (Å²) in [7, 11) is 0. The number of ether oxygens (including phenoxy) is 2. The second-order valence-corrected chi connectivity index (χ2v) is 6.91. The number of hydrogen-bond acceptors (Lipinski definition) is 5. The van der Waals surface area contributed by atoms with Gasteiger partial charge < -0.3 is 24.5 Å². The molecule has 2 amide bonds. The van der Waals surface area contributed by atoms with Gasteiger partial charge in [0.1, 0.15) is 23.9 Å². The van der Waals surface area contributed by atoms with E-state index >= 15 is 0 Å². The Morgan fingerprint density at radius 2 is 1.86 bits per heavy atom. The molecule has 2 heterocycles. The highest BCUT2D eigenvalue weighted by Gasteiger charge is 2.25. The smallest absolute Gasteiger partial charge is 0.314 e. The molecule has 3 rings (SSSR count). The van der Waals surface area contributed by atoms with Gasteiger partial charge in [-0.05, 0) is 38.1 Å². The van der Waals surface area contributed by atoms with Gasteiger partial charge in [-0.3, -0.25) is 4.90 Å². The molecule has 1 atom stereocenters. The summed E-state index contributed by atoms with van der Waals surface area (Å²) in [5, 5.41) is 5.78. The van der Waals surface area contributed by atoms with E-state index in [1.54, 1.807) is 0 Å². The minimum atomic E-state index is -0.214. The standard InChI is InChI=1S/C21H29N3O4/c1-16-3-6-18(7-4-16)27-12-9-22-21(25)23-15-19(20-8-5-17(2)28-20)24-10-13-26-14-11-24/h3-8,19H,9-15H2,1-2H3,(H2,22,23,25).